The van der Waals surface area contributed by atoms with Crippen LogP contribution in [0.25, 0.3) is 11.5 Å². The summed E-state index contributed by atoms with van der Waals surface area (Å²) in [6.45, 7) is 3.10. The maximum atomic E-state index is 5.36. The quantitative estimate of drug-likeness (QED) is 0.881. The number of nitrogens with one attached hydrogen (secondary N) is 1. The van der Waals surface area contributed by atoms with Gasteiger partial charge < -0.3 is 9.84 Å². The van der Waals surface area contributed by atoms with Crippen molar-refractivity contribution >= 4 is 0 Å². The Labute approximate surface area is 106 Å². The van der Waals surface area contributed by atoms with E-state index in [1.54, 1.807) is 0 Å². The molecule has 1 aromatic heterocycles. The molecule has 1 aliphatic rings. The Morgan fingerprint density at radius 3 is 3.06 bits per heavy atom. The molecule has 1 atom stereocenters. The minimum Gasteiger partial charge on any atom is -0.334 e. The van der Waals surface area contributed by atoms with Crippen molar-refractivity contribution in [2.45, 2.75) is 32.2 Å². The van der Waals surface area contributed by atoms with Crippen molar-refractivity contribution in [1.29, 1.82) is 0 Å². The number of piperidine rings is 1. The molecule has 2 heterocycles. The van der Waals surface area contributed by atoms with Crippen molar-refractivity contribution in [2.75, 3.05) is 6.54 Å². The first-order chi connectivity index (χ1) is 8.83. The van der Waals surface area contributed by atoms with Crippen molar-refractivity contribution in [3.05, 3.63) is 35.7 Å². The molecule has 1 aromatic carbocycles. The van der Waals surface area contributed by atoms with Crippen molar-refractivity contribution in [2.24, 2.45) is 0 Å². The molecule has 4 nitrogen and oxygen atoms in total. The van der Waals surface area contributed by atoms with Crippen LogP contribution in [0.2, 0.25) is 0 Å². The summed E-state index contributed by atoms with van der Waals surface area (Å²) >= 11 is 0. The Bertz CT molecular complexity index is 529. The first-order valence-electron chi connectivity index (χ1n) is 6.47. The van der Waals surface area contributed by atoms with Crippen molar-refractivity contribution in [3.63, 3.8) is 0 Å². The zero-order valence-electron chi connectivity index (χ0n) is 10.5. The number of hydrogen-bond acceptors (Lipinski definition) is 4. The number of aromatic nitrogens is 2. The van der Waals surface area contributed by atoms with Gasteiger partial charge in [-0.2, -0.15) is 4.98 Å². The third-order valence-electron chi connectivity index (χ3n) is 3.33. The van der Waals surface area contributed by atoms with Gasteiger partial charge in [0.2, 0.25) is 0 Å². The molecule has 1 aliphatic heterocycles. The number of benzene rings is 1. The first kappa shape index (κ1) is 11.4. The van der Waals surface area contributed by atoms with E-state index < -0.39 is 0 Å². The summed E-state index contributed by atoms with van der Waals surface area (Å²) in [5, 5.41) is 7.52. The van der Waals surface area contributed by atoms with E-state index in [4.69, 9.17) is 4.52 Å². The summed E-state index contributed by atoms with van der Waals surface area (Å²) in [6, 6.07) is 8.38. The number of aryl methyl sites for hydroxylation is 1. The highest BCUT2D eigenvalue weighted by Gasteiger charge is 2.20. The molecule has 0 amide bonds. The average molecular weight is 243 g/mol. The van der Waals surface area contributed by atoms with E-state index in [-0.39, 0.29) is 6.04 Å². The monoisotopic (exact) mass is 243 g/mol. The lowest BCUT2D eigenvalue weighted by molar-refractivity contribution is 0.367. The predicted octanol–water partition coefficient (Wildman–Crippen LogP) is 2.86. The zero-order valence-corrected chi connectivity index (χ0v) is 10.5. The highest BCUT2D eigenvalue weighted by molar-refractivity contribution is 5.53. The maximum absolute atomic E-state index is 5.36. The molecular weight excluding hydrogens is 226 g/mol. The summed E-state index contributed by atoms with van der Waals surface area (Å²) in [5.41, 5.74) is 2.19. The minimum atomic E-state index is 0.251. The van der Waals surface area contributed by atoms with Gasteiger partial charge in [-0.05, 0) is 38.4 Å². The van der Waals surface area contributed by atoms with Gasteiger partial charge in [0.05, 0.1) is 6.04 Å². The Morgan fingerprint density at radius 2 is 2.28 bits per heavy atom. The van der Waals surface area contributed by atoms with E-state index in [0.29, 0.717) is 5.89 Å². The Kier molecular flexibility index (Phi) is 3.11. The third kappa shape index (κ3) is 2.29. The van der Waals surface area contributed by atoms with Gasteiger partial charge in [0.15, 0.2) is 5.82 Å². The van der Waals surface area contributed by atoms with Gasteiger partial charge in [0.25, 0.3) is 5.89 Å². The molecule has 0 bridgehead atoms. The summed E-state index contributed by atoms with van der Waals surface area (Å²) in [6.07, 6.45) is 3.55. The lowest BCUT2D eigenvalue weighted by Crippen LogP contribution is -2.27. The lowest BCUT2D eigenvalue weighted by atomic mass is 10.0. The molecule has 1 saturated heterocycles. The van der Waals surface area contributed by atoms with Crippen LogP contribution in [-0.2, 0) is 0 Å². The Morgan fingerprint density at radius 1 is 1.33 bits per heavy atom. The van der Waals surface area contributed by atoms with E-state index in [1.165, 1.54) is 18.4 Å². The molecule has 18 heavy (non-hydrogen) atoms. The number of rotatable bonds is 2. The maximum Gasteiger partial charge on any atom is 0.257 e. The normalized spacial score (nSPS) is 19.9. The average Bonchev–Trinajstić information content (AvgIpc) is 2.89. The van der Waals surface area contributed by atoms with Crippen LogP contribution in [0.15, 0.2) is 28.8 Å². The SMILES string of the molecule is Cc1cccc(-c2nc(C3CCCCN3)no2)c1. The molecule has 2 aromatic rings. The van der Waals surface area contributed by atoms with Crippen LogP contribution >= 0.6 is 0 Å². The smallest absolute Gasteiger partial charge is 0.257 e. The second-order valence-electron chi connectivity index (χ2n) is 4.83. The van der Waals surface area contributed by atoms with Gasteiger partial charge in [0, 0.05) is 5.56 Å². The fourth-order valence-corrected chi connectivity index (χ4v) is 2.34. The third-order valence-corrected chi connectivity index (χ3v) is 3.33. The summed E-state index contributed by atoms with van der Waals surface area (Å²) in [4.78, 5) is 4.50. The van der Waals surface area contributed by atoms with Gasteiger partial charge in [-0.1, -0.05) is 29.3 Å². The predicted molar refractivity (Wildman–Crippen MR) is 69.1 cm³/mol. The molecule has 0 saturated carbocycles. The molecule has 0 radical (unpaired) electrons. The van der Waals surface area contributed by atoms with Crippen LogP contribution in [0.5, 0.6) is 0 Å². The van der Waals surface area contributed by atoms with Crippen LogP contribution in [0.1, 0.15) is 36.7 Å². The summed E-state index contributed by atoms with van der Waals surface area (Å²) in [5.74, 6) is 1.40. The molecule has 3 rings (SSSR count). The molecular formula is C14H17N3O. The van der Waals surface area contributed by atoms with Crippen LogP contribution in [-0.4, -0.2) is 16.7 Å². The van der Waals surface area contributed by atoms with Crippen LogP contribution in [0, 0.1) is 6.92 Å². The number of nitrogens with zero attached hydrogens (tertiary/aromatic N) is 2. The fraction of sp³-hybridized carbons (Fsp3) is 0.429. The van der Waals surface area contributed by atoms with Crippen LogP contribution in [0.3, 0.4) is 0 Å². The van der Waals surface area contributed by atoms with Crippen molar-refractivity contribution in [1.82, 2.24) is 15.5 Å². The van der Waals surface area contributed by atoms with Gasteiger partial charge in [-0.15, -0.1) is 0 Å². The van der Waals surface area contributed by atoms with Crippen LogP contribution < -0.4 is 5.32 Å². The first-order valence-corrected chi connectivity index (χ1v) is 6.47. The zero-order chi connectivity index (χ0) is 12.4. The summed E-state index contributed by atoms with van der Waals surface area (Å²) in [7, 11) is 0. The molecule has 94 valence electrons. The largest absolute Gasteiger partial charge is 0.334 e. The standard InChI is InChI=1S/C14H17N3O/c1-10-5-4-6-11(9-10)14-16-13(17-18-14)12-7-2-3-8-15-12/h4-6,9,12,15H,2-3,7-8H2,1H3. The molecule has 1 N–H and O–H groups in total. The van der Waals surface area contributed by atoms with Gasteiger partial charge >= 0.3 is 0 Å². The van der Waals surface area contributed by atoms with Crippen LogP contribution in [0.4, 0.5) is 0 Å². The van der Waals surface area contributed by atoms with E-state index in [2.05, 4.69) is 34.5 Å². The van der Waals surface area contributed by atoms with Gasteiger partial charge in [-0.3, -0.25) is 0 Å². The van der Waals surface area contributed by atoms with E-state index in [0.717, 1.165) is 24.4 Å². The summed E-state index contributed by atoms with van der Waals surface area (Å²) < 4.78 is 5.36. The molecule has 1 fully saturated rings. The van der Waals surface area contributed by atoms with E-state index in [1.807, 2.05) is 12.1 Å². The van der Waals surface area contributed by atoms with Crippen molar-refractivity contribution in [3.8, 4) is 11.5 Å². The highest BCUT2D eigenvalue weighted by Crippen LogP contribution is 2.24. The topological polar surface area (TPSA) is 51.0 Å². The number of hydrogen-bond donors (Lipinski definition) is 1. The fourth-order valence-electron chi connectivity index (χ4n) is 2.34. The van der Waals surface area contributed by atoms with Gasteiger partial charge in [0.1, 0.15) is 0 Å². The van der Waals surface area contributed by atoms with E-state index >= 15 is 0 Å². The minimum absolute atomic E-state index is 0.251. The van der Waals surface area contributed by atoms with Crippen molar-refractivity contribution < 1.29 is 4.52 Å². The molecule has 1 unspecified atom stereocenters. The lowest BCUT2D eigenvalue weighted by Gasteiger charge is -2.19. The van der Waals surface area contributed by atoms with E-state index in [9.17, 15) is 0 Å². The van der Waals surface area contributed by atoms with Gasteiger partial charge in [-0.25, -0.2) is 0 Å². The molecule has 0 spiro atoms. The molecule has 4 heteroatoms. The Balaban J connectivity index is 1.84. The molecule has 0 aliphatic carbocycles. The second-order valence-corrected chi connectivity index (χ2v) is 4.83. The highest BCUT2D eigenvalue weighted by atomic mass is 16.5. The Hall–Kier alpha value is -1.68. The second kappa shape index (κ2) is 4.90.